The van der Waals surface area contributed by atoms with E-state index in [4.69, 9.17) is 0 Å². The second-order valence-electron chi connectivity index (χ2n) is 4.02. The van der Waals surface area contributed by atoms with Crippen molar-refractivity contribution in [2.24, 2.45) is 0 Å². The lowest BCUT2D eigenvalue weighted by Gasteiger charge is -2.03. The van der Waals surface area contributed by atoms with Crippen LogP contribution in [0, 0.1) is 0 Å². The Hall–Kier alpha value is -0.140. The Labute approximate surface area is 87.1 Å². The molecule has 0 bridgehead atoms. The van der Waals surface area contributed by atoms with E-state index in [-0.39, 0.29) is 0 Å². The lowest BCUT2D eigenvalue weighted by atomic mass is 10.1. The van der Waals surface area contributed by atoms with Gasteiger partial charge in [0.05, 0.1) is 0 Å². The second-order valence-corrected chi connectivity index (χ2v) is 4.02. The maximum Gasteiger partial charge on any atom is 0.128 e. The summed E-state index contributed by atoms with van der Waals surface area (Å²) in [7, 11) is 0. The van der Waals surface area contributed by atoms with Gasteiger partial charge in [0.25, 0.3) is 0 Å². The van der Waals surface area contributed by atoms with E-state index in [1.807, 2.05) is 0 Å². The van der Waals surface area contributed by atoms with Gasteiger partial charge in [0, 0.05) is 0 Å². The quantitative estimate of drug-likeness (QED) is 0.449. The first-order valence-corrected chi connectivity index (χ1v) is 6.01. The van der Waals surface area contributed by atoms with E-state index in [0.29, 0.717) is 6.42 Å². The summed E-state index contributed by atoms with van der Waals surface area (Å²) < 4.78 is 24.2. The molecule has 1 unspecified atom stereocenters. The molecule has 0 N–H and O–H groups in total. The largest absolute Gasteiger partial charge is 0.248 e. The summed E-state index contributed by atoms with van der Waals surface area (Å²) in [6, 6.07) is 0. The second kappa shape index (κ2) is 10.9. The molecule has 0 aliphatic heterocycles. The zero-order valence-electron chi connectivity index (χ0n) is 9.40. The normalized spacial score (nSPS) is 13.1. The Morgan fingerprint density at radius 3 is 1.86 bits per heavy atom. The average Bonchev–Trinajstić information content (AvgIpc) is 2.21. The van der Waals surface area contributed by atoms with E-state index in [1.165, 1.54) is 38.5 Å². The van der Waals surface area contributed by atoms with Gasteiger partial charge in [-0.25, -0.2) is 8.78 Å². The Morgan fingerprint density at radius 2 is 1.36 bits per heavy atom. The molecule has 0 amide bonds. The summed E-state index contributed by atoms with van der Waals surface area (Å²) >= 11 is 0. The smallest absolute Gasteiger partial charge is 0.128 e. The van der Waals surface area contributed by atoms with Crippen LogP contribution in [0.25, 0.3) is 0 Å². The molecule has 2 heteroatoms. The van der Waals surface area contributed by atoms with Crippen LogP contribution in [-0.4, -0.2) is 12.8 Å². The van der Waals surface area contributed by atoms with Crippen molar-refractivity contribution >= 4 is 0 Å². The third-order valence-electron chi connectivity index (χ3n) is 2.54. The summed E-state index contributed by atoms with van der Waals surface area (Å²) in [4.78, 5) is 0. The topological polar surface area (TPSA) is 0 Å². The van der Waals surface area contributed by atoms with Gasteiger partial charge >= 0.3 is 0 Å². The molecule has 0 saturated heterocycles. The third-order valence-corrected chi connectivity index (χ3v) is 2.54. The zero-order chi connectivity index (χ0) is 10.6. The van der Waals surface area contributed by atoms with Gasteiger partial charge in [-0.05, 0) is 6.42 Å². The molecule has 0 aliphatic rings. The minimum Gasteiger partial charge on any atom is -0.248 e. The Balaban J connectivity index is 2.92. The number of hydrogen-bond donors (Lipinski definition) is 0. The van der Waals surface area contributed by atoms with Crippen LogP contribution in [0.15, 0.2) is 0 Å². The molecule has 0 heterocycles. The molecule has 0 nitrogen and oxygen atoms in total. The fraction of sp³-hybridized carbons (Fsp3) is 1.00. The van der Waals surface area contributed by atoms with Crippen molar-refractivity contribution in [3.63, 3.8) is 0 Å². The average molecular weight is 206 g/mol. The van der Waals surface area contributed by atoms with Gasteiger partial charge in [-0.1, -0.05) is 58.3 Å². The molecular weight excluding hydrogens is 182 g/mol. The van der Waals surface area contributed by atoms with E-state index in [1.54, 1.807) is 0 Å². The highest BCUT2D eigenvalue weighted by Crippen LogP contribution is 2.11. The number of halogens is 2. The predicted molar refractivity (Wildman–Crippen MR) is 58.1 cm³/mol. The molecule has 86 valence electrons. The summed E-state index contributed by atoms with van der Waals surface area (Å²) in [5.74, 6) is 0. The van der Waals surface area contributed by atoms with Gasteiger partial charge in [-0.15, -0.1) is 0 Å². The fourth-order valence-corrected chi connectivity index (χ4v) is 1.58. The highest BCUT2D eigenvalue weighted by molar-refractivity contribution is 4.54. The molecule has 0 rings (SSSR count). The lowest BCUT2D eigenvalue weighted by Crippen LogP contribution is -2.01. The number of hydrogen-bond acceptors (Lipinski definition) is 0. The van der Waals surface area contributed by atoms with Crippen LogP contribution in [0.2, 0.25) is 0 Å². The Bertz CT molecular complexity index is 104. The molecule has 0 aromatic heterocycles. The van der Waals surface area contributed by atoms with Crippen LogP contribution >= 0.6 is 0 Å². The Morgan fingerprint density at radius 1 is 0.857 bits per heavy atom. The number of alkyl halides is 2. The molecule has 0 aromatic rings. The van der Waals surface area contributed by atoms with Crippen LogP contribution in [-0.2, 0) is 0 Å². The third kappa shape index (κ3) is 9.94. The molecule has 1 atom stereocenters. The molecule has 0 aromatic carbocycles. The summed E-state index contributed by atoms with van der Waals surface area (Å²) in [6.07, 6.45) is 8.78. The molecule has 0 aliphatic carbocycles. The van der Waals surface area contributed by atoms with E-state index in [2.05, 4.69) is 6.92 Å². The Kier molecular flexibility index (Phi) is 10.8. The van der Waals surface area contributed by atoms with Crippen molar-refractivity contribution in [1.29, 1.82) is 0 Å². The first-order chi connectivity index (χ1) is 6.81. The molecule has 0 saturated carbocycles. The summed E-state index contributed by atoms with van der Waals surface area (Å²) in [5, 5.41) is 0. The van der Waals surface area contributed by atoms with Gasteiger partial charge in [0.15, 0.2) is 0 Å². The van der Waals surface area contributed by atoms with Gasteiger partial charge in [-0.2, -0.15) is 0 Å². The number of unbranched alkanes of at least 4 members (excludes halogenated alkanes) is 7. The summed E-state index contributed by atoms with van der Waals surface area (Å²) in [6.45, 7) is 1.40. The van der Waals surface area contributed by atoms with Crippen molar-refractivity contribution in [2.75, 3.05) is 6.67 Å². The monoisotopic (exact) mass is 206 g/mol. The van der Waals surface area contributed by atoms with Crippen LogP contribution in [0.1, 0.15) is 64.7 Å². The van der Waals surface area contributed by atoms with Gasteiger partial charge in [-0.3, -0.25) is 0 Å². The molecule has 0 fully saturated rings. The SMILES string of the molecule is CCCCCCCCCCC(F)CF. The van der Waals surface area contributed by atoms with Crippen molar-refractivity contribution in [3.05, 3.63) is 0 Å². The molecule has 14 heavy (non-hydrogen) atoms. The first kappa shape index (κ1) is 13.9. The van der Waals surface area contributed by atoms with Crippen LogP contribution in [0.5, 0.6) is 0 Å². The molecular formula is C12H24F2. The standard InChI is InChI=1S/C12H24F2/c1-2-3-4-5-6-7-8-9-10-12(14)11-13/h12H,2-11H2,1H3. The molecule has 0 radical (unpaired) electrons. The van der Waals surface area contributed by atoms with E-state index in [9.17, 15) is 8.78 Å². The van der Waals surface area contributed by atoms with Crippen molar-refractivity contribution < 1.29 is 8.78 Å². The van der Waals surface area contributed by atoms with Crippen molar-refractivity contribution in [2.45, 2.75) is 70.9 Å². The van der Waals surface area contributed by atoms with Gasteiger partial charge in [0.1, 0.15) is 12.8 Å². The number of rotatable bonds is 10. The van der Waals surface area contributed by atoms with E-state index in [0.717, 1.165) is 12.8 Å². The minimum atomic E-state index is -1.21. The van der Waals surface area contributed by atoms with E-state index >= 15 is 0 Å². The predicted octanol–water partition coefficient (Wildman–Crippen LogP) is 4.82. The van der Waals surface area contributed by atoms with Gasteiger partial charge < -0.3 is 0 Å². The van der Waals surface area contributed by atoms with Gasteiger partial charge in [0.2, 0.25) is 0 Å². The van der Waals surface area contributed by atoms with Crippen molar-refractivity contribution in [1.82, 2.24) is 0 Å². The minimum absolute atomic E-state index is 0.408. The van der Waals surface area contributed by atoms with E-state index < -0.39 is 12.8 Å². The first-order valence-electron chi connectivity index (χ1n) is 6.01. The highest BCUT2D eigenvalue weighted by Gasteiger charge is 2.03. The highest BCUT2D eigenvalue weighted by atomic mass is 19.2. The lowest BCUT2D eigenvalue weighted by molar-refractivity contribution is 0.241. The maximum absolute atomic E-state index is 12.4. The van der Waals surface area contributed by atoms with Crippen molar-refractivity contribution in [3.8, 4) is 0 Å². The fourth-order valence-electron chi connectivity index (χ4n) is 1.58. The van der Waals surface area contributed by atoms with Crippen LogP contribution in [0.4, 0.5) is 8.78 Å². The van der Waals surface area contributed by atoms with Crippen LogP contribution < -0.4 is 0 Å². The molecule has 0 spiro atoms. The summed E-state index contributed by atoms with van der Waals surface area (Å²) in [5.41, 5.74) is 0. The zero-order valence-corrected chi connectivity index (χ0v) is 9.40. The maximum atomic E-state index is 12.4. The van der Waals surface area contributed by atoms with Crippen LogP contribution in [0.3, 0.4) is 0 Å².